The SMILES string of the molecule is CC1(C)[C@H](Cc2cc(CN3CCOCC3)on2)C[C@@H]1NC(=O)c1cccs1. The Bertz CT molecular complexity index is 765. The highest BCUT2D eigenvalue weighted by atomic mass is 32.1. The average Bonchev–Trinajstić information content (AvgIpc) is 3.34. The molecule has 4 rings (SSSR count). The molecule has 1 N–H and O–H groups in total. The summed E-state index contributed by atoms with van der Waals surface area (Å²) < 4.78 is 10.9. The average molecular weight is 390 g/mol. The van der Waals surface area contributed by atoms with Crippen LogP contribution in [0.2, 0.25) is 0 Å². The van der Waals surface area contributed by atoms with Crippen molar-refractivity contribution < 1.29 is 14.1 Å². The van der Waals surface area contributed by atoms with Gasteiger partial charge in [-0.2, -0.15) is 0 Å². The van der Waals surface area contributed by atoms with Crippen LogP contribution in [0.4, 0.5) is 0 Å². The fraction of sp³-hybridized carbons (Fsp3) is 0.600. The lowest BCUT2D eigenvalue weighted by atomic mass is 9.57. The number of hydrogen-bond donors (Lipinski definition) is 1. The Kier molecular flexibility index (Phi) is 5.34. The first-order valence-electron chi connectivity index (χ1n) is 9.61. The van der Waals surface area contributed by atoms with Crippen molar-refractivity contribution in [2.24, 2.45) is 11.3 Å². The Balaban J connectivity index is 1.29. The van der Waals surface area contributed by atoms with Gasteiger partial charge in [0.15, 0.2) is 5.76 Å². The van der Waals surface area contributed by atoms with Gasteiger partial charge in [0.2, 0.25) is 0 Å². The zero-order valence-corrected chi connectivity index (χ0v) is 16.8. The third-order valence-corrected chi connectivity index (χ3v) is 6.94. The summed E-state index contributed by atoms with van der Waals surface area (Å²) >= 11 is 1.48. The lowest BCUT2D eigenvalue weighted by molar-refractivity contribution is 0.0139. The summed E-state index contributed by atoms with van der Waals surface area (Å²) in [7, 11) is 0. The van der Waals surface area contributed by atoms with Crippen LogP contribution in [0.15, 0.2) is 28.1 Å². The molecule has 146 valence electrons. The van der Waals surface area contributed by atoms with Crippen molar-refractivity contribution in [3.63, 3.8) is 0 Å². The summed E-state index contributed by atoms with van der Waals surface area (Å²) in [4.78, 5) is 15.4. The maximum absolute atomic E-state index is 12.3. The van der Waals surface area contributed by atoms with E-state index in [4.69, 9.17) is 9.26 Å². The minimum Gasteiger partial charge on any atom is -0.379 e. The van der Waals surface area contributed by atoms with Crippen molar-refractivity contribution >= 4 is 17.2 Å². The highest BCUT2D eigenvalue weighted by Crippen LogP contribution is 2.47. The largest absolute Gasteiger partial charge is 0.379 e. The molecule has 2 aromatic rings. The molecule has 2 fully saturated rings. The molecule has 7 heteroatoms. The standard InChI is InChI=1S/C20H27N3O3S/c1-20(2)14(11-18(20)21-19(24)17-4-3-9-27-17)10-15-12-16(26-22-15)13-23-5-7-25-8-6-23/h3-4,9,12,14,18H,5-8,10-11,13H2,1-2H3,(H,21,24)/t14-,18+/m1/s1. The van der Waals surface area contributed by atoms with Gasteiger partial charge in [0.1, 0.15) is 0 Å². The zero-order valence-electron chi connectivity index (χ0n) is 15.9. The first kappa shape index (κ1) is 18.7. The quantitative estimate of drug-likeness (QED) is 0.823. The number of ether oxygens (including phenoxy) is 1. The van der Waals surface area contributed by atoms with E-state index < -0.39 is 0 Å². The highest BCUT2D eigenvalue weighted by molar-refractivity contribution is 7.12. The number of carbonyl (C=O) groups is 1. The molecular formula is C20H27N3O3S. The topological polar surface area (TPSA) is 67.6 Å². The van der Waals surface area contributed by atoms with Crippen LogP contribution in [0.25, 0.3) is 0 Å². The van der Waals surface area contributed by atoms with Gasteiger partial charge in [-0.3, -0.25) is 9.69 Å². The fourth-order valence-electron chi connectivity index (χ4n) is 4.00. The number of morpholine rings is 1. The second-order valence-electron chi connectivity index (χ2n) is 8.13. The van der Waals surface area contributed by atoms with E-state index in [9.17, 15) is 4.79 Å². The molecule has 0 radical (unpaired) electrons. The lowest BCUT2D eigenvalue weighted by Gasteiger charge is -2.52. The van der Waals surface area contributed by atoms with Crippen molar-refractivity contribution in [2.75, 3.05) is 26.3 Å². The van der Waals surface area contributed by atoms with E-state index in [2.05, 4.69) is 35.3 Å². The van der Waals surface area contributed by atoms with Crippen LogP contribution < -0.4 is 5.32 Å². The van der Waals surface area contributed by atoms with Gasteiger partial charge in [0.25, 0.3) is 5.91 Å². The Morgan fingerprint density at radius 3 is 2.93 bits per heavy atom. The molecule has 1 saturated heterocycles. The number of amides is 1. The Morgan fingerprint density at radius 2 is 2.22 bits per heavy atom. The summed E-state index contributed by atoms with van der Waals surface area (Å²) in [6.07, 6.45) is 1.88. The minimum atomic E-state index is 0.0377. The number of aromatic nitrogens is 1. The molecule has 1 amide bonds. The highest BCUT2D eigenvalue weighted by Gasteiger charge is 2.48. The van der Waals surface area contributed by atoms with Gasteiger partial charge in [-0.25, -0.2) is 0 Å². The van der Waals surface area contributed by atoms with Gasteiger partial charge in [0.05, 0.1) is 30.3 Å². The molecule has 1 aliphatic carbocycles. The Labute approximate surface area is 163 Å². The molecule has 3 heterocycles. The molecule has 2 aliphatic rings. The van der Waals surface area contributed by atoms with E-state index in [1.807, 2.05) is 17.5 Å². The predicted octanol–water partition coefficient (Wildman–Crippen LogP) is 2.96. The normalized spacial score (nSPS) is 25.1. The van der Waals surface area contributed by atoms with Crippen LogP contribution in [0, 0.1) is 11.3 Å². The first-order valence-corrected chi connectivity index (χ1v) is 10.5. The lowest BCUT2D eigenvalue weighted by Crippen LogP contribution is -2.58. The van der Waals surface area contributed by atoms with E-state index in [0.717, 1.165) is 62.0 Å². The van der Waals surface area contributed by atoms with Crippen molar-refractivity contribution in [2.45, 2.75) is 39.3 Å². The third kappa shape index (κ3) is 4.10. The van der Waals surface area contributed by atoms with Crippen LogP contribution in [-0.4, -0.2) is 48.3 Å². The summed E-state index contributed by atoms with van der Waals surface area (Å²) in [5, 5.41) is 9.40. The van der Waals surface area contributed by atoms with Crippen molar-refractivity contribution in [1.29, 1.82) is 0 Å². The molecule has 0 bridgehead atoms. The molecule has 6 nitrogen and oxygen atoms in total. The van der Waals surface area contributed by atoms with E-state index >= 15 is 0 Å². The summed E-state index contributed by atoms with van der Waals surface area (Å²) in [6, 6.07) is 6.07. The van der Waals surface area contributed by atoms with Gasteiger partial charge < -0.3 is 14.6 Å². The van der Waals surface area contributed by atoms with E-state index in [1.165, 1.54) is 11.3 Å². The monoisotopic (exact) mass is 389 g/mol. The number of thiophene rings is 1. The second kappa shape index (κ2) is 7.73. The van der Waals surface area contributed by atoms with Gasteiger partial charge in [-0.1, -0.05) is 25.1 Å². The number of nitrogens with one attached hydrogen (secondary N) is 1. The molecule has 0 spiro atoms. The predicted molar refractivity (Wildman–Crippen MR) is 104 cm³/mol. The summed E-state index contributed by atoms with van der Waals surface area (Å²) in [5.74, 6) is 1.45. The van der Waals surface area contributed by atoms with E-state index in [1.54, 1.807) is 0 Å². The van der Waals surface area contributed by atoms with Crippen LogP contribution in [0.3, 0.4) is 0 Å². The molecule has 1 saturated carbocycles. The third-order valence-electron chi connectivity index (χ3n) is 6.07. The van der Waals surface area contributed by atoms with Crippen molar-refractivity contribution in [1.82, 2.24) is 15.4 Å². The van der Waals surface area contributed by atoms with Crippen molar-refractivity contribution in [3.8, 4) is 0 Å². The molecule has 2 atom stereocenters. The number of carbonyl (C=O) groups excluding carboxylic acids is 1. The van der Waals surface area contributed by atoms with Crippen molar-refractivity contribution in [3.05, 3.63) is 39.9 Å². The molecule has 27 heavy (non-hydrogen) atoms. The van der Waals surface area contributed by atoms with Gasteiger partial charge in [-0.15, -0.1) is 11.3 Å². The fourth-order valence-corrected chi connectivity index (χ4v) is 4.63. The first-order chi connectivity index (χ1) is 13.0. The smallest absolute Gasteiger partial charge is 0.261 e. The molecule has 0 aromatic carbocycles. The summed E-state index contributed by atoms with van der Waals surface area (Å²) in [5.41, 5.74) is 1.07. The maximum atomic E-state index is 12.3. The van der Waals surface area contributed by atoms with Gasteiger partial charge in [0, 0.05) is 25.2 Å². The number of nitrogens with zero attached hydrogens (tertiary/aromatic N) is 2. The maximum Gasteiger partial charge on any atom is 0.261 e. The zero-order chi connectivity index (χ0) is 18.9. The number of hydrogen-bond acceptors (Lipinski definition) is 6. The van der Waals surface area contributed by atoms with Gasteiger partial charge >= 0.3 is 0 Å². The second-order valence-corrected chi connectivity index (χ2v) is 9.08. The van der Waals surface area contributed by atoms with Crippen LogP contribution >= 0.6 is 11.3 Å². The Hall–Kier alpha value is -1.70. The van der Waals surface area contributed by atoms with Crippen LogP contribution in [-0.2, 0) is 17.7 Å². The van der Waals surface area contributed by atoms with Crippen LogP contribution in [0.1, 0.15) is 41.4 Å². The van der Waals surface area contributed by atoms with Crippen LogP contribution in [0.5, 0.6) is 0 Å². The Morgan fingerprint density at radius 1 is 1.41 bits per heavy atom. The number of rotatable bonds is 6. The molecule has 0 unspecified atom stereocenters. The van der Waals surface area contributed by atoms with E-state index in [-0.39, 0.29) is 17.4 Å². The minimum absolute atomic E-state index is 0.0377. The molecule has 1 aliphatic heterocycles. The summed E-state index contributed by atoms with van der Waals surface area (Å²) in [6.45, 7) is 8.72. The molecular weight excluding hydrogens is 362 g/mol. The van der Waals surface area contributed by atoms with E-state index in [0.29, 0.717) is 5.92 Å². The molecule has 2 aromatic heterocycles. The van der Waals surface area contributed by atoms with Gasteiger partial charge in [-0.05, 0) is 35.6 Å².